The number of nitrogens with one attached hydrogen (secondary N) is 1. The van der Waals surface area contributed by atoms with Crippen LogP contribution in [0.1, 0.15) is 25.3 Å². The molecule has 1 fully saturated rings. The Balaban J connectivity index is 2.14. The number of esters is 3. The van der Waals surface area contributed by atoms with Crippen molar-refractivity contribution >= 4 is 29.9 Å². The van der Waals surface area contributed by atoms with Crippen molar-refractivity contribution in [3.63, 3.8) is 0 Å². The first-order valence-corrected chi connectivity index (χ1v) is 10.8. The molecule has 0 aromatic heterocycles. The lowest BCUT2D eigenvalue weighted by Crippen LogP contribution is -2.55. The zero-order valence-corrected chi connectivity index (χ0v) is 19.6. The van der Waals surface area contributed by atoms with Crippen LogP contribution in [0.2, 0.25) is 0 Å². The molecule has 1 saturated heterocycles. The van der Waals surface area contributed by atoms with Gasteiger partial charge in [0.05, 0.1) is 21.3 Å². The lowest BCUT2D eigenvalue weighted by Gasteiger charge is -2.29. The average molecular weight is 478 g/mol. The second-order valence-corrected chi connectivity index (χ2v) is 7.78. The molecule has 0 radical (unpaired) electrons. The summed E-state index contributed by atoms with van der Waals surface area (Å²) < 4.78 is 19.4. The van der Waals surface area contributed by atoms with Gasteiger partial charge in [0.1, 0.15) is 18.7 Å². The van der Waals surface area contributed by atoms with Gasteiger partial charge in [-0.2, -0.15) is 0 Å². The van der Waals surface area contributed by atoms with E-state index in [0.717, 1.165) is 26.9 Å². The van der Waals surface area contributed by atoms with E-state index in [1.165, 1.54) is 11.8 Å². The summed E-state index contributed by atoms with van der Waals surface area (Å²) in [6, 6.07) is 6.83. The molecule has 1 N–H and O–H groups in total. The van der Waals surface area contributed by atoms with E-state index in [1.807, 2.05) is 30.3 Å². The fraction of sp³-hybridized carbons (Fsp3) is 0.522. The Hall–Kier alpha value is -3.63. The number of methoxy groups -OCH3 is 3. The molecule has 11 nitrogen and oxygen atoms in total. The van der Waals surface area contributed by atoms with Crippen molar-refractivity contribution in [3.8, 4) is 0 Å². The Morgan fingerprint density at radius 1 is 0.971 bits per heavy atom. The minimum atomic E-state index is -1.48. The number of amides is 2. The molecule has 11 heteroatoms. The van der Waals surface area contributed by atoms with Crippen LogP contribution in [-0.2, 0) is 44.7 Å². The minimum Gasteiger partial charge on any atom is -0.468 e. The molecule has 0 bridgehead atoms. The number of rotatable bonds is 9. The molecule has 3 atom stereocenters. The van der Waals surface area contributed by atoms with Crippen LogP contribution < -0.4 is 5.32 Å². The van der Waals surface area contributed by atoms with Crippen molar-refractivity contribution in [2.75, 3.05) is 27.9 Å². The van der Waals surface area contributed by atoms with Crippen LogP contribution in [0.25, 0.3) is 0 Å². The highest BCUT2D eigenvalue weighted by molar-refractivity contribution is 5.97. The largest absolute Gasteiger partial charge is 0.468 e. The molecule has 1 heterocycles. The van der Waals surface area contributed by atoms with E-state index < -0.39 is 53.8 Å². The van der Waals surface area contributed by atoms with E-state index >= 15 is 0 Å². The van der Waals surface area contributed by atoms with Crippen LogP contribution in [0.15, 0.2) is 30.3 Å². The van der Waals surface area contributed by atoms with Crippen LogP contribution in [0.3, 0.4) is 0 Å². The number of carbonyl (C=O) groups excluding carboxylic acids is 5. The van der Waals surface area contributed by atoms with Gasteiger partial charge < -0.3 is 24.3 Å². The predicted molar refractivity (Wildman–Crippen MR) is 117 cm³/mol. The van der Waals surface area contributed by atoms with Crippen molar-refractivity contribution in [3.05, 3.63) is 35.9 Å². The summed E-state index contributed by atoms with van der Waals surface area (Å²) in [5.74, 6) is -5.88. The third-order valence-corrected chi connectivity index (χ3v) is 5.71. The van der Waals surface area contributed by atoms with Gasteiger partial charge in [0, 0.05) is 12.5 Å². The number of hydrogen-bond donors (Lipinski definition) is 1. The van der Waals surface area contributed by atoms with Gasteiger partial charge in [0.2, 0.25) is 5.91 Å². The lowest BCUT2D eigenvalue weighted by molar-refractivity contribution is -0.163. The van der Waals surface area contributed by atoms with Gasteiger partial charge in [-0.3, -0.25) is 19.3 Å². The molecule has 2 rings (SSSR count). The first-order valence-electron chi connectivity index (χ1n) is 10.8. The van der Waals surface area contributed by atoms with E-state index in [0.29, 0.717) is 19.4 Å². The highest BCUT2D eigenvalue weighted by Gasteiger charge is 2.44. The van der Waals surface area contributed by atoms with Crippen molar-refractivity contribution in [1.29, 1.82) is 0 Å². The molecule has 2 amide bonds. The monoisotopic (exact) mass is 478 g/mol. The van der Waals surface area contributed by atoms with Crippen LogP contribution in [0.4, 0.5) is 4.79 Å². The number of nitrogens with zero attached hydrogens (tertiary/aromatic N) is 1. The summed E-state index contributed by atoms with van der Waals surface area (Å²) >= 11 is 0. The van der Waals surface area contributed by atoms with E-state index in [-0.39, 0.29) is 6.61 Å². The van der Waals surface area contributed by atoms with Crippen molar-refractivity contribution in [2.24, 2.45) is 11.8 Å². The van der Waals surface area contributed by atoms with Gasteiger partial charge in [0.25, 0.3) is 0 Å². The van der Waals surface area contributed by atoms with E-state index in [9.17, 15) is 24.0 Å². The molecule has 1 aliphatic heterocycles. The van der Waals surface area contributed by atoms with Gasteiger partial charge in [-0.1, -0.05) is 37.3 Å². The standard InChI is InChI=1S/C23H30N2O9/c1-14(17(20(27)31-2)21(28)32-3)18(22(29)33-4)24-19(26)16-11-8-12-25(16)23(30)34-13-15-9-6-5-7-10-15/h5-7,9-10,14,16-18H,8,11-13H2,1-4H3,(H,24,26)/t14-,16+,18+/m0/s1. The van der Waals surface area contributed by atoms with Gasteiger partial charge in [-0.15, -0.1) is 0 Å². The number of carbonyl (C=O) groups is 5. The zero-order chi connectivity index (χ0) is 25.3. The number of ether oxygens (including phenoxy) is 4. The number of hydrogen-bond acceptors (Lipinski definition) is 9. The Kier molecular flexibility index (Phi) is 9.84. The highest BCUT2D eigenvalue weighted by Crippen LogP contribution is 2.23. The quantitative estimate of drug-likeness (QED) is 0.313. The van der Waals surface area contributed by atoms with E-state index in [1.54, 1.807) is 0 Å². The molecule has 0 aliphatic carbocycles. The van der Waals surface area contributed by atoms with Crippen LogP contribution >= 0.6 is 0 Å². The number of likely N-dealkylation sites (tertiary alicyclic amines) is 1. The van der Waals surface area contributed by atoms with Crippen LogP contribution in [0.5, 0.6) is 0 Å². The lowest BCUT2D eigenvalue weighted by atomic mass is 9.87. The van der Waals surface area contributed by atoms with Gasteiger partial charge in [-0.05, 0) is 18.4 Å². The third kappa shape index (κ3) is 6.46. The second-order valence-electron chi connectivity index (χ2n) is 7.78. The van der Waals surface area contributed by atoms with Crippen molar-refractivity contribution < 1.29 is 42.9 Å². The Labute approximate surface area is 197 Å². The Morgan fingerprint density at radius 3 is 2.12 bits per heavy atom. The summed E-state index contributed by atoms with van der Waals surface area (Å²) in [7, 11) is 3.30. The zero-order valence-electron chi connectivity index (χ0n) is 19.6. The first-order chi connectivity index (χ1) is 16.2. The first kappa shape index (κ1) is 26.6. The SMILES string of the molecule is COC(=O)C(C(=O)OC)[C@H](C)[C@@H](NC(=O)[C@H]1CCCN1C(=O)OCc1ccccc1)C(=O)OC. The second kappa shape index (κ2) is 12.6. The van der Waals surface area contributed by atoms with Crippen molar-refractivity contribution in [1.82, 2.24) is 10.2 Å². The molecule has 1 aromatic rings. The maximum Gasteiger partial charge on any atom is 0.410 e. The van der Waals surface area contributed by atoms with Gasteiger partial charge in [0.15, 0.2) is 5.92 Å². The molecule has 0 unspecified atom stereocenters. The fourth-order valence-electron chi connectivity index (χ4n) is 3.81. The molecule has 34 heavy (non-hydrogen) atoms. The molecule has 186 valence electrons. The Bertz CT molecular complexity index is 874. The molecular weight excluding hydrogens is 448 g/mol. The maximum absolute atomic E-state index is 13.1. The van der Waals surface area contributed by atoms with E-state index in [2.05, 4.69) is 14.8 Å². The van der Waals surface area contributed by atoms with Crippen LogP contribution in [0, 0.1) is 11.8 Å². The van der Waals surface area contributed by atoms with E-state index in [4.69, 9.17) is 9.47 Å². The third-order valence-electron chi connectivity index (χ3n) is 5.71. The van der Waals surface area contributed by atoms with Gasteiger partial charge in [-0.25, -0.2) is 9.59 Å². The molecule has 0 spiro atoms. The topological polar surface area (TPSA) is 138 Å². The van der Waals surface area contributed by atoms with Crippen LogP contribution in [-0.4, -0.2) is 74.8 Å². The normalized spacial score (nSPS) is 16.9. The minimum absolute atomic E-state index is 0.0479. The maximum atomic E-state index is 13.1. The molecule has 1 aliphatic rings. The molecule has 0 saturated carbocycles. The average Bonchev–Trinajstić information content (AvgIpc) is 3.35. The summed E-state index contributed by atoms with van der Waals surface area (Å²) in [4.78, 5) is 63.8. The highest BCUT2D eigenvalue weighted by atomic mass is 16.6. The smallest absolute Gasteiger partial charge is 0.410 e. The summed E-state index contributed by atoms with van der Waals surface area (Å²) in [5, 5.41) is 2.53. The van der Waals surface area contributed by atoms with Crippen molar-refractivity contribution in [2.45, 2.75) is 38.5 Å². The predicted octanol–water partition coefficient (Wildman–Crippen LogP) is 1.04. The molecule has 1 aromatic carbocycles. The summed E-state index contributed by atoms with van der Waals surface area (Å²) in [6.45, 7) is 1.77. The number of benzene rings is 1. The molecular formula is C23H30N2O9. The summed E-state index contributed by atoms with van der Waals surface area (Å²) in [5.41, 5.74) is 0.798. The Morgan fingerprint density at radius 2 is 1.56 bits per heavy atom. The summed E-state index contributed by atoms with van der Waals surface area (Å²) in [6.07, 6.45) is 0.252. The van der Waals surface area contributed by atoms with Gasteiger partial charge >= 0.3 is 24.0 Å². The fourth-order valence-corrected chi connectivity index (χ4v) is 3.81.